The molecule has 0 spiro atoms. The molecule has 4 saturated carbocycles. The summed E-state index contributed by atoms with van der Waals surface area (Å²) in [6.07, 6.45) is 12.3. The third-order valence-corrected chi connectivity index (χ3v) is 13.4. The maximum atomic E-state index is 12.9. The molecule has 5 aliphatic carbocycles. The van der Waals surface area contributed by atoms with Gasteiger partial charge in [-0.2, -0.15) is 0 Å². The number of rotatable bonds is 0. The van der Waals surface area contributed by atoms with Gasteiger partial charge < -0.3 is 4.74 Å². The molecule has 9 atom stereocenters. The number of hydrogen-bond donors (Lipinski definition) is 0. The van der Waals surface area contributed by atoms with Gasteiger partial charge in [0.25, 0.3) is 0 Å². The Bertz CT molecular complexity index is 977. The van der Waals surface area contributed by atoms with Crippen LogP contribution in [-0.4, -0.2) is 17.9 Å². The molecule has 0 amide bonds. The van der Waals surface area contributed by atoms with Crippen LogP contribution in [0.15, 0.2) is 11.6 Å². The highest BCUT2D eigenvalue weighted by atomic mass is 16.6. The van der Waals surface area contributed by atoms with Crippen LogP contribution in [-0.2, 0) is 14.3 Å². The Morgan fingerprint density at radius 3 is 2.30 bits per heavy atom. The molecule has 6 rings (SSSR count). The Morgan fingerprint density at radius 1 is 0.848 bits per heavy atom. The standard InChI is InChI=1S/C30H44O3/c1-25(2)20-10-13-30(7)21(28(20,5)12-11-22(25)31)9-8-18-19-16-26(3)17-23(33-24(26)32)27(19,4)14-15-29(18,30)6/h8,19-21,23H,9-17H2,1-7H3/t19-,20?,21?,23?,26-,27+,28-,29?,30+/m0/s1. The van der Waals surface area contributed by atoms with Gasteiger partial charge in [0.1, 0.15) is 11.9 Å². The molecule has 0 aromatic heterocycles. The lowest BCUT2D eigenvalue weighted by Gasteiger charge is -2.70. The van der Waals surface area contributed by atoms with Gasteiger partial charge >= 0.3 is 5.97 Å². The first-order valence-corrected chi connectivity index (χ1v) is 13.7. The van der Waals surface area contributed by atoms with E-state index in [4.69, 9.17) is 4.74 Å². The van der Waals surface area contributed by atoms with Gasteiger partial charge in [0.05, 0.1) is 5.41 Å². The van der Waals surface area contributed by atoms with Crippen LogP contribution in [0.4, 0.5) is 0 Å². The summed E-state index contributed by atoms with van der Waals surface area (Å²) >= 11 is 0. The van der Waals surface area contributed by atoms with Gasteiger partial charge in [-0.3, -0.25) is 9.59 Å². The molecule has 6 aliphatic rings. The minimum absolute atomic E-state index is 0.0486. The fraction of sp³-hybridized carbons (Fsp3) is 0.867. The minimum atomic E-state index is -0.302. The highest BCUT2D eigenvalue weighted by molar-refractivity contribution is 5.85. The SMILES string of the molecule is CC1(C)C(=O)CC[C@@]2(C)C1CC[C@]1(C)C2CC=C2[C@@H]3C[C@@]4(C)CC(OC4=O)[C@]3(C)CCC21C. The van der Waals surface area contributed by atoms with Crippen molar-refractivity contribution in [1.82, 2.24) is 0 Å². The number of hydrogen-bond acceptors (Lipinski definition) is 3. The van der Waals surface area contributed by atoms with Crippen molar-refractivity contribution >= 4 is 11.8 Å². The molecule has 3 nitrogen and oxygen atoms in total. The van der Waals surface area contributed by atoms with Crippen molar-refractivity contribution in [2.75, 3.05) is 0 Å². The number of ketones is 1. The van der Waals surface area contributed by atoms with E-state index in [1.54, 1.807) is 5.57 Å². The van der Waals surface area contributed by atoms with E-state index in [2.05, 4.69) is 54.5 Å². The Morgan fingerprint density at radius 2 is 1.58 bits per heavy atom. The second-order valence-corrected chi connectivity index (χ2v) is 14.9. The molecular formula is C30H44O3. The zero-order valence-corrected chi connectivity index (χ0v) is 22.0. The third kappa shape index (κ3) is 2.39. The lowest BCUT2D eigenvalue weighted by Crippen LogP contribution is -2.64. The highest BCUT2D eigenvalue weighted by Gasteiger charge is 2.70. The van der Waals surface area contributed by atoms with E-state index in [0.29, 0.717) is 23.5 Å². The number of esters is 1. The quantitative estimate of drug-likeness (QED) is 0.297. The lowest BCUT2D eigenvalue weighted by molar-refractivity contribution is -0.186. The van der Waals surface area contributed by atoms with Gasteiger partial charge in [-0.1, -0.05) is 53.2 Å². The molecule has 0 radical (unpaired) electrons. The maximum absolute atomic E-state index is 12.9. The molecule has 1 saturated heterocycles. The molecule has 1 aliphatic heterocycles. The number of allylic oxidation sites excluding steroid dienone is 2. The van der Waals surface area contributed by atoms with E-state index in [1.165, 1.54) is 19.3 Å². The fourth-order valence-corrected chi connectivity index (χ4v) is 10.9. The van der Waals surface area contributed by atoms with Crippen molar-refractivity contribution in [2.45, 2.75) is 112 Å². The van der Waals surface area contributed by atoms with Crippen LogP contribution in [0.5, 0.6) is 0 Å². The molecule has 33 heavy (non-hydrogen) atoms. The predicted molar refractivity (Wildman–Crippen MR) is 129 cm³/mol. The first kappa shape index (κ1) is 22.4. The van der Waals surface area contributed by atoms with Gasteiger partial charge in [0.2, 0.25) is 0 Å². The molecule has 0 aromatic rings. The zero-order valence-electron chi connectivity index (χ0n) is 22.0. The molecule has 0 aromatic carbocycles. The van der Waals surface area contributed by atoms with Crippen molar-refractivity contribution in [1.29, 1.82) is 0 Å². The second kappa shape index (κ2) is 6.16. The van der Waals surface area contributed by atoms with Crippen molar-refractivity contribution in [3.8, 4) is 0 Å². The van der Waals surface area contributed by atoms with E-state index >= 15 is 0 Å². The first-order valence-electron chi connectivity index (χ1n) is 13.7. The van der Waals surface area contributed by atoms with Crippen LogP contribution in [0.1, 0.15) is 106 Å². The first-order chi connectivity index (χ1) is 15.2. The highest BCUT2D eigenvalue weighted by Crippen LogP contribution is 2.76. The minimum Gasteiger partial charge on any atom is -0.461 e. The molecule has 2 bridgehead atoms. The number of carbonyl (C=O) groups excluding carboxylic acids is 2. The summed E-state index contributed by atoms with van der Waals surface area (Å²) < 4.78 is 6.03. The molecule has 4 unspecified atom stereocenters. The van der Waals surface area contributed by atoms with E-state index in [1.807, 2.05) is 0 Å². The number of fused-ring (bicyclic) bond motifs is 10. The van der Waals surface area contributed by atoms with E-state index in [9.17, 15) is 9.59 Å². The molecular weight excluding hydrogens is 408 g/mol. The predicted octanol–water partition coefficient (Wildman–Crippen LogP) is 6.89. The van der Waals surface area contributed by atoms with Crippen LogP contribution < -0.4 is 0 Å². The lowest BCUT2D eigenvalue weighted by atomic mass is 9.33. The summed E-state index contributed by atoms with van der Waals surface area (Å²) in [5.41, 5.74) is 1.91. The average molecular weight is 453 g/mol. The Labute approximate surface area is 200 Å². The summed E-state index contributed by atoms with van der Waals surface area (Å²) in [7, 11) is 0. The number of ether oxygens (including phenoxy) is 1. The van der Waals surface area contributed by atoms with E-state index < -0.39 is 0 Å². The van der Waals surface area contributed by atoms with E-state index in [0.717, 1.165) is 38.5 Å². The summed E-state index contributed by atoms with van der Waals surface area (Å²) in [6, 6.07) is 0. The van der Waals surface area contributed by atoms with Crippen molar-refractivity contribution < 1.29 is 14.3 Å². The average Bonchev–Trinajstić information content (AvgIpc) is 3.00. The fourth-order valence-electron chi connectivity index (χ4n) is 10.9. The van der Waals surface area contributed by atoms with Crippen LogP contribution in [0.25, 0.3) is 0 Å². The number of carbonyl (C=O) groups is 2. The van der Waals surface area contributed by atoms with Crippen molar-refractivity contribution in [3.05, 3.63) is 11.6 Å². The van der Waals surface area contributed by atoms with Crippen molar-refractivity contribution in [3.63, 3.8) is 0 Å². The van der Waals surface area contributed by atoms with Gasteiger partial charge in [-0.15, -0.1) is 0 Å². The smallest absolute Gasteiger partial charge is 0.312 e. The van der Waals surface area contributed by atoms with Gasteiger partial charge in [-0.25, -0.2) is 0 Å². The van der Waals surface area contributed by atoms with Crippen LogP contribution >= 0.6 is 0 Å². The van der Waals surface area contributed by atoms with Crippen LogP contribution in [0.3, 0.4) is 0 Å². The van der Waals surface area contributed by atoms with Gasteiger partial charge in [0.15, 0.2) is 0 Å². The normalized spacial score (nSPS) is 56.6. The number of Topliss-reactive ketones (excluding diaryl/α,β-unsaturated/α-hetero) is 1. The largest absolute Gasteiger partial charge is 0.461 e. The summed E-state index contributed by atoms with van der Waals surface area (Å²) in [4.78, 5) is 25.7. The molecule has 1 heterocycles. The van der Waals surface area contributed by atoms with Crippen molar-refractivity contribution in [2.24, 2.45) is 50.2 Å². The van der Waals surface area contributed by atoms with Crippen LogP contribution in [0, 0.1) is 50.2 Å². The summed E-state index contributed by atoms with van der Waals surface area (Å²) in [6.45, 7) is 16.8. The zero-order chi connectivity index (χ0) is 23.8. The second-order valence-electron chi connectivity index (χ2n) is 14.9. The Balaban J connectivity index is 1.44. The van der Waals surface area contributed by atoms with Gasteiger partial charge in [0, 0.05) is 23.7 Å². The molecule has 182 valence electrons. The topological polar surface area (TPSA) is 43.4 Å². The molecule has 5 fully saturated rings. The monoisotopic (exact) mass is 452 g/mol. The van der Waals surface area contributed by atoms with E-state index in [-0.39, 0.29) is 44.6 Å². The maximum Gasteiger partial charge on any atom is 0.312 e. The summed E-state index contributed by atoms with van der Waals surface area (Å²) in [5.74, 6) is 2.11. The van der Waals surface area contributed by atoms with Gasteiger partial charge in [-0.05, 0) is 85.9 Å². The Hall–Kier alpha value is -1.12. The molecule has 3 heteroatoms. The molecule has 0 N–H and O–H groups in total. The summed E-state index contributed by atoms with van der Waals surface area (Å²) in [5, 5.41) is 0. The van der Waals surface area contributed by atoms with Crippen LogP contribution in [0.2, 0.25) is 0 Å². The third-order valence-electron chi connectivity index (χ3n) is 13.4. The Kier molecular flexibility index (Phi) is 4.17.